The Labute approximate surface area is 126 Å². The van der Waals surface area contributed by atoms with E-state index in [1.165, 1.54) is 16.0 Å². The first kappa shape index (κ1) is 15.0. The van der Waals surface area contributed by atoms with Gasteiger partial charge in [-0.3, -0.25) is 4.79 Å². The fourth-order valence-electron chi connectivity index (χ4n) is 1.83. The largest absolute Gasteiger partial charge is 0.373 e. The standard InChI is InChI=1S/C13H17ClN4OS/c1-3-4-17(2)11-5-13(19)18(15-7-11)8-12-16-10(6-14)9-20-12/h5,7,9H,3-4,6,8H2,1-2H3. The van der Waals surface area contributed by atoms with Gasteiger partial charge < -0.3 is 4.90 Å². The van der Waals surface area contributed by atoms with Gasteiger partial charge in [-0.05, 0) is 6.42 Å². The van der Waals surface area contributed by atoms with Crippen LogP contribution in [0, 0.1) is 0 Å². The summed E-state index contributed by atoms with van der Waals surface area (Å²) in [6.07, 6.45) is 2.74. The molecule has 5 nitrogen and oxygen atoms in total. The van der Waals surface area contributed by atoms with Crippen LogP contribution in [0.5, 0.6) is 0 Å². The first-order valence-electron chi connectivity index (χ1n) is 6.41. The molecular formula is C13H17ClN4OS. The fourth-order valence-corrected chi connectivity index (χ4v) is 2.83. The maximum absolute atomic E-state index is 12.1. The number of aromatic nitrogens is 3. The highest BCUT2D eigenvalue weighted by Gasteiger charge is 2.07. The number of rotatable bonds is 6. The highest BCUT2D eigenvalue weighted by atomic mass is 35.5. The number of hydrogen-bond donors (Lipinski definition) is 0. The summed E-state index contributed by atoms with van der Waals surface area (Å²) in [5.41, 5.74) is 1.56. The Balaban J connectivity index is 2.15. The Hall–Kier alpha value is -1.40. The lowest BCUT2D eigenvalue weighted by Crippen LogP contribution is -2.26. The van der Waals surface area contributed by atoms with Gasteiger partial charge in [0.25, 0.3) is 5.56 Å². The third-order valence-corrected chi connectivity index (χ3v) is 4.03. The molecule has 0 unspecified atom stereocenters. The van der Waals surface area contributed by atoms with Crippen molar-refractivity contribution < 1.29 is 0 Å². The summed E-state index contributed by atoms with van der Waals surface area (Å²) in [4.78, 5) is 18.4. The van der Waals surface area contributed by atoms with Crippen LogP contribution in [-0.2, 0) is 12.4 Å². The Bertz CT molecular complexity index is 625. The van der Waals surface area contributed by atoms with E-state index in [1.54, 1.807) is 12.3 Å². The average Bonchev–Trinajstić information content (AvgIpc) is 2.89. The Morgan fingerprint density at radius 3 is 2.90 bits per heavy atom. The summed E-state index contributed by atoms with van der Waals surface area (Å²) in [5.74, 6) is 0.388. The minimum absolute atomic E-state index is 0.118. The second-order valence-electron chi connectivity index (χ2n) is 4.50. The number of halogens is 1. The molecule has 2 aromatic heterocycles. The molecule has 7 heteroatoms. The minimum atomic E-state index is -0.118. The number of anilines is 1. The van der Waals surface area contributed by atoms with Crippen molar-refractivity contribution in [3.8, 4) is 0 Å². The molecule has 0 aliphatic carbocycles. The first-order valence-corrected chi connectivity index (χ1v) is 7.83. The molecule has 20 heavy (non-hydrogen) atoms. The van der Waals surface area contributed by atoms with Gasteiger partial charge in [0.2, 0.25) is 0 Å². The quantitative estimate of drug-likeness (QED) is 0.768. The molecule has 0 saturated heterocycles. The zero-order chi connectivity index (χ0) is 14.5. The fraction of sp³-hybridized carbons (Fsp3) is 0.462. The maximum Gasteiger partial charge on any atom is 0.269 e. The summed E-state index contributed by atoms with van der Waals surface area (Å²) >= 11 is 7.20. The van der Waals surface area contributed by atoms with Gasteiger partial charge in [0.05, 0.1) is 30.0 Å². The van der Waals surface area contributed by atoms with Crippen molar-refractivity contribution in [2.75, 3.05) is 18.5 Å². The van der Waals surface area contributed by atoms with Crippen molar-refractivity contribution in [2.24, 2.45) is 0 Å². The normalized spacial score (nSPS) is 10.8. The van der Waals surface area contributed by atoms with E-state index in [-0.39, 0.29) is 5.56 Å². The van der Waals surface area contributed by atoms with Gasteiger partial charge in [0, 0.05) is 25.0 Å². The van der Waals surface area contributed by atoms with Gasteiger partial charge in [0.15, 0.2) is 0 Å². The second kappa shape index (κ2) is 6.85. The summed E-state index contributed by atoms with van der Waals surface area (Å²) in [6, 6.07) is 1.61. The van der Waals surface area contributed by atoms with E-state index < -0.39 is 0 Å². The van der Waals surface area contributed by atoms with E-state index in [9.17, 15) is 4.79 Å². The van der Waals surface area contributed by atoms with E-state index >= 15 is 0 Å². The summed E-state index contributed by atoms with van der Waals surface area (Å²) < 4.78 is 1.42. The minimum Gasteiger partial charge on any atom is -0.373 e. The molecule has 2 rings (SSSR count). The number of alkyl halides is 1. The molecule has 0 bridgehead atoms. The molecule has 2 aromatic rings. The van der Waals surface area contributed by atoms with Crippen LogP contribution in [0.4, 0.5) is 5.69 Å². The Morgan fingerprint density at radius 2 is 2.30 bits per heavy atom. The van der Waals surface area contributed by atoms with Gasteiger partial charge in [-0.2, -0.15) is 5.10 Å². The maximum atomic E-state index is 12.1. The van der Waals surface area contributed by atoms with E-state index in [2.05, 4.69) is 17.0 Å². The topological polar surface area (TPSA) is 51.0 Å². The van der Waals surface area contributed by atoms with E-state index in [0.29, 0.717) is 12.4 Å². The van der Waals surface area contributed by atoms with Gasteiger partial charge >= 0.3 is 0 Å². The molecule has 0 atom stereocenters. The van der Waals surface area contributed by atoms with Crippen molar-refractivity contribution in [3.05, 3.63) is 38.7 Å². The lowest BCUT2D eigenvalue weighted by molar-refractivity contribution is 0.633. The van der Waals surface area contributed by atoms with Crippen LogP contribution in [0.3, 0.4) is 0 Å². The van der Waals surface area contributed by atoms with Crippen LogP contribution >= 0.6 is 22.9 Å². The van der Waals surface area contributed by atoms with Crippen LogP contribution < -0.4 is 10.5 Å². The monoisotopic (exact) mass is 312 g/mol. The van der Waals surface area contributed by atoms with Crippen molar-refractivity contribution in [1.82, 2.24) is 14.8 Å². The van der Waals surface area contributed by atoms with Crippen LogP contribution in [0.25, 0.3) is 0 Å². The average molecular weight is 313 g/mol. The lowest BCUT2D eigenvalue weighted by atomic mass is 10.3. The molecule has 2 heterocycles. The smallest absolute Gasteiger partial charge is 0.269 e. The summed E-state index contributed by atoms with van der Waals surface area (Å²) in [7, 11) is 1.96. The van der Waals surface area contributed by atoms with E-state index in [1.807, 2.05) is 17.3 Å². The highest BCUT2D eigenvalue weighted by molar-refractivity contribution is 7.09. The third-order valence-electron chi connectivity index (χ3n) is 2.88. The van der Waals surface area contributed by atoms with E-state index in [4.69, 9.17) is 11.6 Å². The lowest BCUT2D eigenvalue weighted by Gasteiger charge is -2.17. The van der Waals surface area contributed by atoms with Crippen molar-refractivity contribution >= 4 is 28.6 Å². The van der Waals surface area contributed by atoms with Crippen LogP contribution in [-0.4, -0.2) is 28.4 Å². The molecule has 0 radical (unpaired) electrons. The molecule has 0 aromatic carbocycles. The van der Waals surface area contributed by atoms with Gasteiger partial charge in [-0.1, -0.05) is 6.92 Å². The first-order chi connectivity index (χ1) is 9.63. The summed E-state index contributed by atoms with van der Waals surface area (Å²) in [5, 5.41) is 6.95. The number of hydrogen-bond acceptors (Lipinski definition) is 5. The Morgan fingerprint density at radius 1 is 1.50 bits per heavy atom. The molecule has 0 N–H and O–H groups in total. The molecule has 0 aliphatic heterocycles. The summed E-state index contributed by atoms with van der Waals surface area (Å²) in [6.45, 7) is 3.39. The molecule has 108 valence electrons. The van der Waals surface area contributed by atoms with Crippen LogP contribution in [0.15, 0.2) is 22.4 Å². The number of nitrogens with zero attached hydrogens (tertiary/aromatic N) is 4. The van der Waals surface area contributed by atoms with Crippen molar-refractivity contribution in [3.63, 3.8) is 0 Å². The zero-order valence-electron chi connectivity index (χ0n) is 11.5. The van der Waals surface area contributed by atoms with Gasteiger partial charge in [-0.25, -0.2) is 9.67 Å². The predicted molar refractivity (Wildman–Crippen MR) is 82.8 cm³/mol. The van der Waals surface area contributed by atoms with Gasteiger partial charge in [0.1, 0.15) is 5.01 Å². The van der Waals surface area contributed by atoms with Crippen LogP contribution in [0.1, 0.15) is 24.0 Å². The molecule has 0 saturated carbocycles. The molecule has 0 amide bonds. The van der Waals surface area contributed by atoms with Crippen molar-refractivity contribution in [1.29, 1.82) is 0 Å². The van der Waals surface area contributed by atoms with Crippen LogP contribution in [0.2, 0.25) is 0 Å². The SMILES string of the molecule is CCCN(C)c1cnn(Cc2nc(CCl)cs2)c(=O)c1. The highest BCUT2D eigenvalue weighted by Crippen LogP contribution is 2.12. The van der Waals surface area contributed by atoms with E-state index in [0.717, 1.165) is 29.4 Å². The molecule has 0 aliphatic rings. The predicted octanol–water partition coefficient (Wildman–Crippen LogP) is 2.33. The number of thiazole rings is 1. The zero-order valence-corrected chi connectivity index (χ0v) is 13.1. The molecule has 0 spiro atoms. The second-order valence-corrected chi connectivity index (χ2v) is 5.71. The third kappa shape index (κ3) is 3.58. The molecular weight excluding hydrogens is 296 g/mol. The van der Waals surface area contributed by atoms with Gasteiger partial charge in [-0.15, -0.1) is 22.9 Å². The van der Waals surface area contributed by atoms with Crippen molar-refractivity contribution in [2.45, 2.75) is 25.8 Å². The molecule has 0 fully saturated rings. The Kier molecular flexibility index (Phi) is 5.14.